The van der Waals surface area contributed by atoms with Gasteiger partial charge in [-0.25, -0.2) is 4.39 Å². The molecule has 5 nitrogen and oxygen atoms in total. The lowest BCUT2D eigenvalue weighted by Gasteiger charge is -2.07. The van der Waals surface area contributed by atoms with Crippen LogP contribution in [0, 0.1) is 5.82 Å². The molecule has 0 unspecified atom stereocenters. The van der Waals surface area contributed by atoms with Gasteiger partial charge in [0.15, 0.2) is 0 Å². The molecule has 0 saturated carbocycles. The van der Waals surface area contributed by atoms with E-state index >= 15 is 0 Å². The van der Waals surface area contributed by atoms with Gasteiger partial charge >= 0.3 is 0 Å². The predicted molar refractivity (Wildman–Crippen MR) is 74.3 cm³/mol. The standard InChI is InChI=1S/C15H15FN2O3/c1-21-13-4-5-17-12(7-13)8-18-15(20)10-2-3-14(16)11(6-10)9-19/h2-7,19H,8-9H2,1H3,(H,18,20). The number of carbonyl (C=O) groups excluding carboxylic acids is 1. The highest BCUT2D eigenvalue weighted by molar-refractivity contribution is 5.94. The number of methoxy groups -OCH3 is 1. The van der Waals surface area contributed by atoms with Crippen LogP contribution in [0.5, 0.6) is 5.75 Å². The quantitative estimate of drug-likeness (QED) is 0.878. The third-order valence-corrected chi connectivity index (χ3v) is 2.93. The molecule has 0 atom stereocenters. The van der Waals surface area contributed by atoms with E-state index in [1.54, 1.807) is 25.4 Å². The monoisotopic (exact) mass is 290 g/mol. The van der Waals surface area contributed by atoms with E-state index in [1.807, 2.05) is 0 Å². The minimum atomic E-state index is -0.538. The maximum atomic E-state index is 13.3. The Hall–Kier alpha value is -2.47. The van der Waals surface area contributed by atoms with Crippen LogP contribution in [0.1, 0.15) is 21.6 Å². The normalized spacial score (nSPS) is 10.2. The van der Waals surface area contributed by atoms with Crippen molar-refractivity contribution in [3.8, 4) is 5.75 Å². The van der Waals surface area contributed by atoms with Crippen molar-refractivity contribution in [2.75, 3.05) is 7.11 Å². The third-order valence-electron chi connectivity index (χ3n) is 2.93. The molecule has 0 bridgehead atoms. The highest BCUT2D eigenvalue weighted by atomic mass is 19.1. The molecule has 6 heteroatoms. The zero-order chi connectivity index (χ0) is 15.2. The summed E-state index contributed by atoms with van der Waals surface area (Å²) in [5.41, 5.74) is 1.01. The molecule has 1 heterocycles. The molecule has 2 N–H and O–H groups in total. The SMILES string of the molecule is COc1ccnc(CNC(=O)c2ccc(F)c(CO)c2)c1. The van der Waals surface area contributed by atoms with E-state index in [-0.39, 0.29) is 23.6 Å². The molecule has 0 saturated heterocycles. The van der Waals surface area contributed by atoms with Crippen molar-refractivity contribution in [2.45, 2.75) is 13.2 Å². The van der Waals surface area contributed by atoms with Gasteiger partial charge in [-0.15, -0.1) is 0 Å². The molecular formula is C15H15FN2O3. The van der Waals surface area contributed by atoms with Gasteiger partial charge in [-0.2, -0.15) is 0 Å². The Balaban J connectivity index is 2.04. The van der Waals surface area contributed by atoms with Crippen LogP contribution in [0.4, 0.5) is 4.39 Å². The van der Waals surface area contributed by atoms with Crippen LogP contribution >= 0.6 is 0 Å². The summed E-state index contributed by atoms with van der Waals surface area (Å²) in [6, 6.07) is 7.26. The summed E-state index contributed by atoms with van der Waals surface area (Å²) in [5.74, 6) is -0.253. The highest BCUT2D eigenvalue weighted by Gasteiger charge is 2.09. The Labute approximate surface area is 121 Å². The molecule has 0 aliphatic heterocycles. The summed E-state index contributed by atoms with van der Waals surface area (Å²) in [6.07, 6.45) is 1.59. The Bertz CT molecular complexity index is 647. The first-order valence-corrected chi connectivity index (χ1v) is 6.30. The number of hydrogen-bond acceptors (Lipinski definition) is 4. The molecule has 2 aromatic rings. The Morgan fingerprint density at radius 2 is 2.19 bits per heavy atom. The molecule has 2 rings (SSSR count). The second-order valence-corrected chi connectivity index (χ2v) is 4.33. The fourth-order valence-electron chi connectivity index (χ4n) is 1.79. The van der Waals surface area contributed by atoms with Gasteiger partial charge < -0.3 is 15.2 Å². The lowest BCUT2D eigenvalue weighted by atomic mass is 10.1. The fraction of sp³-hybridized carbons (Fsp3) is 0.200. The van der Waals surface area contributed by atoms with Crippen LogP contribution in [0.25, 0.3) is 0 Å². The molecule has 1 aromatic heterocycles. The molecule has 0 aliphatic carbocycles. The van der Waals surface area contributed by atoms with Gasteiger partial charge in [0, 0.05) is 23.4 Å². The Morgan fingerprint density at radius 1 is 1.38 bits per heavy atom. The number of ether oxygens (including phenoxy) is 1. The number of halogens is 1. The van der Waals surface area contributed by atoms with Crippen LogP contribution in [0.15, 0.2) is 36.5 Å². The number of rotatable bonds is 5. The molecule has 1 amide bonds. The van der Waals surface area contributed by atoms with E-state index in [0.29, 0.717) is 11.4 Å². The molecule has 0 radical (unpaired) electrons. The van der Waals surface area contributed by atoms with Gasteiger partial charge in [-0.1, -0.05) is 0 Å². The molecule has 110 valence electrons. The molecular weight excluding hydrogens is 275 g/mol. The lowest BCUT2D eigenvalue weighted by molar-refractivity contribution is 0.0950. The first kappa shape index (κ1) is 14.9. The number of carbonyl (C=O) groups is 1. The minimum absolute atomic E-state index is 0.0853. The van der Waals surface area contributed by atoms with Gasteiger partial charge in [0.05, 0.1) is 26.0 Å². The second-order valence-electron chi connectivity index (χ2n) is 4.33. The minimum Gasteiger partial charge on any atom is -0.497 e. The number of pyridine rings is 1. The van der Waals surface area contributed by atoms with Crippen molar-refractivity contribution in [3.63, 3.8) is 0 Å². The number of benzene rings is 1. The summed E-state index contributed by atoms with van der Waals surface area (Å²) < 4.78 is 18.3. The lowest BCUT2D eigenvalue weighted by Crippen LogP contribution is -2.23. The van der Waals surface area contributed by atoms with Crippen molar-refractivity contribution in [3.05, 3.63) is 59.2 Å². The van der Waals surface area contributed by atoms with Gasteiger partial charge in [-0.05, 0) is 24.3 Å². The van der Waals surface area contributed by atoms with E-state index in [0.717, 1.165) is 6.07 Å². The first-order valence-electron chi connectivity index (χ1n) is 6.30. The third kappa shape index (κ3) is 3.76. The van der Waals surface area contributed by atoms with Crippen molar-refractivity contribution in [1.82, 2.24) is 10.3 Å². The summed E-state index contributed by atoms with van der Waals surface area (Å²) in [6.45, 7) is -0.230. The van der Waals surface area contributed by atoms with Crippen molar-refractivity contribution >= 4 is 5.91 Å². The molecule has 0 aliphatic rings. The van der Waals surface area contributed by atoms with Crippen LogP contribution in [0.2, 0.25) is 0 Å². The van der Waals surface area contributed by atoms with Crippen molar-refractivity contribution in [2.24, 2.45) is 0 Å². The van der Waals surface area contributed by atoms with Crippen LogP contribution in [-0.4, -0.2) is 23.1 Å². The smallest absolute Gasteiger partial charge is 0.251 e. The highest BCUT2D eigenvalue weighted by Crippen LogP contribution is 2.12. The number of aromatic nitrogens is 1. The molecule has 0 spiro atoms. The predicted octanol–water partition coefficient (Wildman–Crippen LogP) is 1.65. The van der Waals surface area contributed by atoms with E-state index in [2.05, 4.69) is 10.3 Å². The van der Waals surface area contributed by atoms with E-state index in [1.165, 1.54) is 12.1 Å². The van der Waals surface area contributed by atoms with Crippen LogP contribution in [0.3, 0.4) is 0 Å². The average Bonchev–Trinajstić information content (AvgIpc) is 2.53. The number of aliphatic hydroxyl groups is 1. The zero-order valence-corrected chi connectivity index (χ0v) is 11.5. The number of nitrogens with one attached hydrogen (secondary N) is 1. The number of amides is 1. The number of nitrogens with zero attached hydrogens (tertiary/aromatic N) is 1. The van der Waals surface area contributed by atoms with E-state index in [9.17, 15) is 9.18 Å². The number of aliphatic hydroxyl groups excluding tert-OH is 1. The Morgan fingerprint density at radius 3 is 2.90 bits per heavy atom. The molecule has 1 aromatic carbocycles. The van der Waals surface area contributed by atoms with Crippen molar-refractivity contribution < 1.29 is 19.0 Å². The summed E-state index contributed by atoms with van der Waals surface area (Å²) in [7, 11) is 1.55. The average molecular weight is 290 g/mol. The Kier molecular flexibility index (Phi) is 4.84. The summed E-state index contributed by atoms with van der Waals surface area (Å²) >= 11 is 0. The van der Waals surface area contributed by atoms with Crippen LogP contribution < -0.4 is 10.1 Å². The van der Waals surface area contributed by atoms with Gasteiger partial charge in [-0.3, -0.25) is 9.78 Å². The molecule has 21 heavy (non-hydrogen) atoms. The summed E-state index contributed by atoms with van der Waals surface area (Å²) in [5, 5.41) is 11.7. The maximum Gasteiger partial charge on any atom is 0.251 e. The van der Waals surface area contributed by atoms with E-state index in [4.69, 9.17) is 9.84 Å². The number of hydrogen-bond donors (Lipinski definition) is 2. The van der Waals surface area contributed by atoms with E-state index < -0.39 is 12.4 Å². The summed E-state index contributed by atoms with van der Waals surface area (Å²) in [4.78, 5) is 16.1. The van der Waals surface area contributed by atoms with Gasteiger partial charge in [0.25, 0.3) is 5.91 Å². The maximum absolute atomic E-state index is 13.3. The zero-order valence-electron chi connectivity index (χ0n) is 11.5. The van der Waals surface area contributed by atoms with Gasteiger partial charge in [0.2, 0.25) is 0 Å². The van der Waals surface area contributed by atoms with Crippen molar-refractivity contribution in [1.29, 1.82) is 0 Å². The van der Waals surface area contributed by atoms with Gasteiger partial charge in [0.1, 0.15) is 11.6 Å². The van der Waals surface area contributed by atoms with Crippen LogP contribution in [-0.2, 0) is 13.2 Å². The first-order chi connectivity index (χ1) is 10.1. The molecule has 0 fully saturated rings. The fourth-order valence-corrected chi connectivity index (χ4v) is 1.79. The topological polar surface area (TPSA) is 71.5 Å². The largest absolute Gasteiger partial charge is 0.497 e. The second kappa shape index (κ2) is 6.81.